The molecule has 9 nitrogen and oxygen atoms in total. The van der Waals surface area contributed by atoms with E-state index in [1.54, 1.807) is 19.1 Å². The fraction of sp³-hybridized carbons (Fsp3) is 0.235. The highest BCUT2D eigenvalue weighted by molar-refractivity contribution is 6.21. The molecule has 134 valence electrons. The molecule has 0 unspecified atom stereocenters. The van der Waals surface area contributed by atoms with Gasteiger partial charge in [-0.2, -0.15) is 0 Å². The van der Waals surface area contributed by atoms with Gasteiger partial charge in [0, 0.05) is 24.5 Å². The van der Waals surface area contributed by atoms with Crippen molar-refractivity contribution in [1.82, 2.24) is 4.98 Å². The zero-order valence-electron chi connectivity index (χ0n) is 14.1. The van der Waals surface area contributed by atoms with E-state index in [1.807, 2.05) is 0 Å². The van der Waals surface area contributed by atoms with Crippen LogP contribution >= 0.6 is 0 Å². The van der Waals surface area contributed by atoms with Crippen LogP contribution in [0.5, 0.6) is 5.88 Å². The van der Waals surface area contributed by atoms with Gasteiger partial charge in [0.25, 0.3) is 5.69 Å². The quantitative estimate of drug-likeness (QED) is 0.497. The van der Waals surface area contributed by atoms with E-state index in [2.05, 4.69) is 10.3 Å². The molecule has 0 spiro atoms. The number of imide groups is 1. The summed E-state index contributed by atoms with van der Waals surface area (Å²) in [7, 11) is 1.49. The second kappa shape index (κ2) is 6.79. The van der Waals surface area contributed by atoms with E-state index in [4.69, 9.17) is 4.74 Å². The largest absolute Gasteiger partial charge is 0.481 e. The predicted molar refractivity (Wildman–Crippen MR) is 93.4 cm³/mol. The highest BCUT2D eigenvalue weighted by atomic mass is 16.6. The maximum absolute atomic E-state index is 12.1. The highest BCUT2D eigenvalue weighted by Gasteiger charge is 2.37. The van der Waals surface area contributed by atoms with Crippen LogP contribution in [0.15, 0.2) is 36.5 Å². The van der Waals surface area contributed by atoms with Crippen molar-refractivity contribution in [3.8, 4) is 5.88 Å². The number of rotatable bonds is 5. The summed E-state index contributed by atoms with van der Waals surface area (Å²) in [5.41, 5.74) is 0.689. The molecule has 0 radical (unpaired) electrons. The lowest BCUT2D eigenvalue weighted by molar-refractivity contribution is -0.383. The Morgan fingerprint density at radius 1 is 1.31 bits per heavy atom. The number of ether oxygens (including phenoxy) is 1. The topological polar surface area (TPSA) is 115 Å². The third kappa shape index (κ3) is 3.18. The number of hydrogen-bond donors (Lipinski definition) is 1. The van der Waals surface area contributed by atoms with Crippen LogP contribution in [0, 0.1) is 16.0 Å². The third-order valence-corrected chi connectivity index (χ3v) is 4.03. The predicted octanol–water partition coefficient (Wildman–Crippen LogP) is 2.64. The lowest BCUT2D eigenvalue weighted by Crippen LogP contribution is -2.30. The Labute approximate surface area is 148 Å². The molecule has 2 aromatic rings. The zero-order valence-corrected chi connectivity index (χ0v) is 14.1. The number of nitrogens with one attached hydrogen (secondary N) is 1. The molecule has 1 atom stereocenters. The number of nitro benzene ring substituents is 1. The molecule has 1 aromatic heterocycles. The van der Waals surface area contributed by atoms with E-state index in [9.17, 15) is 19.7 Å². The van der Waals surface area contributed by atoms with Gasteiger partial charge in [-0.3, -0.25) is 24.6 Å². The van der Waals surface area contributed by atoms with Crippen LogP contribution in [0.1, 0.15) is 13.3 Å². The van der Waals surface area contributed by atoms with E-state index < -0.39 is 10.8 Å². The molecule has 3 rings (SSSR count). The number of benzene rings is 1. The smallest absolute Gasteiger partial charge is 0.294 e. The fourth-order valence-corrected chi connectivity index (χ4v) is 2.70. The van der Waals surface area contributed by atoms with Crippen LogP contribution in [0.3, 0.4) is 0 Å². The Bertz CT molecular complexity index is 881. The number of anilines is 3. The molecule has 0 saturated carbocycles. The molecule has 1 aromatic carbocycles. The Hall–Kier alpha value is -3.49. The van der Waals surface area contributed by atoms with Crippen molar-refractivity contribution in [2.75, 3.05) is 17.3 Å². The zero-order chi connectivity index (χ0) is 18.8. The number of aromatic nitrogens is 1. The first-order chi connectivity index (χ1) is 12.4. The molecule has 26 heavy (non-hydrogen) atoms. The highest BCUT2D eigenvalue weighted by Crippen LogP contribution is 2.34. The van der Waals surface area contributed by atoms with Gasteiger partial charge in [-0.1, -0.05) is 6.92 Å². The summed E-state index contributed by atoms with van der Waals surface area (Å²) in [6.45, 7) is 1.65. The standard InChI is InChI=1S/C17H16N4O5/c1-10-7-16(22)20(17(10)23)12-4-5-13(14(8-12)21(24)25)19-11-3-6-15(26-2)18-9-11/h3-6,8-10,19H,7H2,1-2H3/t10-/m1/s1. The average molecular weight is 356 g/mol. The average Bonchev–Trinajstić information content (AvgIpc) is 2.88. The van der Waals surface area contributed by atoms with Crippen molar-refractivity contribution < 1.29 is 19.2 Å². The van der Waals surface area contributed by atoms with Crippen molar-refractivity contribution in [2.24, 2.45) is 5.92 Å². The van der Waals surface area contributed by atoms with Gasteiger partial charge in [0.2, 0.25) is 17.7 Å². The first-order valence-corrected chi connectivity index (χ1v) is 7.83. The lowest BCUT2D eigenvalue weighted by Gasteiger charge is -2.15. The summed E-state index contributed by atoms with van der Waals surface area (Å²) >= 11 is 0. The number of carbonyl (C=O) groups excluding carboxylic acids is 2. The Kier molecular flexibility index (Phi) is 4.53. The van der Waals surface area contributed by atoms with Crippen LogP contribution in [0.25, 0.3) is 0 Å². The summed E-state index contributed by atoms with van der Waals surface area (Å²) in [6.07, 6.45) is 1.58. The third-order valence-electron chi connectivity index (χ3n) is 4.03. The molecule has 1 aliphatic heterocycles. The van der Waals surface area contributed by atoms with Gasteiger partial charge in [-0.25, -0.2) is 4.98 Å². The molecular weight excluding hydrogens is 340 g/mol. The van der Waals surface area contributed by atoms with Gasteiger partial charge in [-0.15, -0.1) is 0 Å². The van der Waals surface area contributed by atoms with Crippen LogP contribution in [-0.4, -0.2) is 28.8 Å². The summed E-state index contributed by atoms with van der Waals surface area (Å²) in [6, 6.07) is 7.46. The lowest BCUT2D eigenvalue weighted by atomic mass is 10.1. The maximum atomic E-state index is 12.1. The molecule has 2 heterocycles. The minimum Gasteiger partial charge on any atom is -0.481 e. The Balaban J connectivity index is 1.93. The molecule has 2 amide bonds. The number of nitro groups is 1. The monoisotopic (exact) mass is 356 g/mol. The van der Waals surface area contributed by atoms with Gasteiger partial charge < -0.3 is 10.1 Å². The van der Waals surface area contributed by atoms with Crippen LogP contribution in [0.4, 0.5) is 22.7 Å². The Morgan fingerprint density at radius 2 is 2.08 bits per heavy atom. The number of pyridine rings is 1. The maximum Gasteiger partial charge on any atom is 0.294 e. The molecule has 1 saturated heterocycles. The van der Waals surface area contributed by atoms with Gasteiger partial charge in [0.1, 0.15) is 5.69 Å². The Morgan fingerprint density at radius 3 is 2.62 bits per heavy atom. The number of hydrogen-bond acceptors (Lipinski definition) is 7. The van der Waals surface area contributed by atoms with Gasteiger partial charge >= 0.3 is 0 Å². The van der Waals surface area contributed by atoms with E-state index in [1.165, 1.54) is 31.5 Å². The SMILES string of the molecule is COc1ccc(Nc2ccc(N3C(=O)C[C@@H](C)C3=O)cc2[N+](=O)[O-])cn1. The van der Waals surface area contributed by atoms with Gasteiger partial charge in [-0.05, 0) is 18.2 Å². The van der Waals surface area contributed by atoms with Crippen molar-refractivity contribution in [2.45, 2.75) is 13.3 Å². The van der Waals surface area contributed by atoms with Crippen molar-refractivity contribution in [3.63, 3.8) is 0 Å². The number of carbonyl (C=O) groups is 2. The van der Waals surface area contributed by atoms with E-state index in [-0.39, 0.29) is 35.3 Å². The summed E-state index contributed by atoms with van der Waals surface area (Å²) in [5, 5.41) is 14.4. The molecule has 1 N–H and O–H groups in total. The second-order valence-corrected chi connectivity index (χ2v) is 5.85. The summed E-state index contributed by atoms with van der Waals surface area (Å²) in [4.78, 5) is 40.0. The normalized spacial score (nSPS) is 16.7. The molecule has 0 bridgehead atoms. The summed E-state index contributed by atoms with van der Waals surface area (Å²) < 4.78 is 4.97. The molecule has 1 fully saturated rings. The van der Waals surface area contributed by atoms with Gasteiger partial charge in [0.15, 0.2) is 0 Å². The van der Waals surface area contributed by atoms with Crippen molar-refractivity contribution >= 4 is 34.6 Å². The number of methoxy groups -OCH3 is 1. The van der Waals surface area contributed by atoms with Crippen LogP contribution in [-0.2, 0) is 9.59 Å². The summed E-state index contributed by atoms with van der Waals surface area (Å²) in [5.74, 6) is -0.730. The van der Waals surface area contributed by atoms with Crippen molar-refractivity contribution in [3.05, 3.63) is 46.6 Å². The molecule has 0 aliphatic carbocycles. The van der Waals surface area contributed by atoms with Gasteiger partial charge in [0.05, 0.1) is 29.6 Å². The molecule has 9 heteroatoms. The molecule has 1 aliphatic rings. The first kappa shape index (κ1) is 17.3. The van der Waals surface area contributed by atoms with E-state index >= 15 is 0 Å². The van der Waals surface area contributed by atoms with Crippen molar-refractivity contribution in [1.29, 1.82) is 0 Å². The first-order valence-electron chi connectivity index (χ1n) is 7.83. The van der Waals surface area contributed by atoms with E-state index in [0.717, 1.165) is 4.90 Å². The van der Waals surface area contributed by atoms with Crippen LogP contribution < -0.4 is 15.0 Å². The second-order valence-electron chi connectivity index (χ2n) is 5.85. The van der Waals surface area contributed by atoms with Crippen LogP contribution in [0.2, 0.25) is 0 Å². The number of amides is 2. The minimum absolute atomic E-state index is 0.101. The van der Waals surface area contributed by atoms with E-state index in [0.29, 0.717) is 11.6 Å². The molecular formula is C17H16N4O5. The fourth-order valence-electron chi connectivity index (χ4n) is 2.70. The minimum atomic E-state index is -0.572. The number of nitrogens with zero attached hydrogens (tertiary/aromatic N) is 3.